The second-order valence-corrected chi connectivity index (χ2v) is 6.08. The van der Waals surface area contributed by atoms with E-state index in [1.165, 1.54) is 13.2 Å². The van der Waals surface area contributed by atoms with Crippen molar-refractivity contribution >= 4 is 22.7 Å². The summed E-state index contributed by atoms with van der Waals surface area (Å²) in [6.45, 7) is 3.79. The van der Waals surface area contributed by atoms with Crippen molar-refractivity contribution in [2.45, 2.75) is 26.3 Å². The Balaban J connectivity index is 1.85. The second kappa shape index (κ2) is 7.45. The molecule has 2 aromatic carbocycles. The van der Waals surface area contributed by atoms with Crippen LogP contribution in [0.15, 0.2) is 50.4 Å². The van der Waals surface area contributed by atoms with E-state index in [0.29, 0.717) is 22.8 Å². The number of nitrogens with one attached hydrogen (secondary N) is 2. The van der Waals surface area contributed by atoms with Gasteiger partial charge in [0.05, 0.1) is 10.9 Å². The number of benzene rings is 1. The molecular weight excluding hydrogens is 350 g/mol. The first kappa shape index (κ1) is 18.4. The molecule has 2 N–H and O–H groups in total. The van der Waals surface area contributed by atoms with Gasteiger partial charge in [-0.05, 0) is 31.5 Å². The molecule has 0 spiro atoms. The zero-order valence-electron chi connectivity index (χ0n) is 15.2. The summed E-state index contributed by atoms with van der Waals surface area (Å²) in [5.74, 6) is 1.46. The third kappa shape index (κ3) is 3.59. The summed E-state index contributed by atoms with van der Waals surface area (Å²) in [7, 11) is 1.26. The number of nitrogens with zero attached hydrogens (tertiary/aromatic N) is 1. The fourth-order valence-electron chi connectivity index (χ4n) is 2.78. The largest absolute Gasteiger partial charge is 0.464 e. The predicted octanol–water partition coefficient (Wildman–Crippen LogP) is 3.46. The zero-order valence-corrected chi connectivity index (χ0v) is 15.2. The van der Waals surface area contributed by atoms with Crippen molar-refractivity contribution in [3.63, 3.8) is 0 Å². The van der Waals surface area contributed by atoms with E-state index in [0.717, 1.165) is 5.76 Å². The molecule has 8 heteroatoms. The normalized spacial score (nSPS) is 12.0. The summed E-state index contributed by atoms with van der Waals surface area (Å²) < 4.78 is 5.62. The molecule has 0 aliphatic rings. The van der Waals surface area contributed by atoms with E-state index in [1.807, 2.05) is 26.0 Å². The minimum atomic E-state index is -0.612. The lowest BCUT2D eigenvalue weighted by atomic mass is 10.1. The van der Waals surface area contributed by atoms with Gasteiger partial charge in [-0.25, -0.2) is 4.84 Å². The number of hydrogen-bond donors (Lipinski definition) is 2. The molecule has 8 nitrogen and oxygen atoms in total. The SMILES string of the molecule is CC[C@@H](Nc1c(Nc2cccc([N+](=O)OC)c2)c(=O)c1=O)c1ccc(C)o1. The molecule has 0 amide bonds. The molecule has 0 fully saturated rings. The Morgan fingerprint density at radius 2 is 1.89 bits per heavy atom. The zero-order chi connectivity index (χ0) is 19.6. The number of anilines is 3. The molecule has 3 rings (SSSR count). The van der Waals surface area contributed by atoms with E-state index in [1.54, 1.807) is 18.2 Å². The van der Waals surface area contributed by atoms with Gasteiger partial charge in [0.25, 0.3) is 15.8 Å². The van der Waals surface area contributed by atoms with E-state index in [-0.39, 0.29) is 23.1 Å². The van der Waals surface area contributed by atoms with Gasteiger partial charge in [-0.2, -0.15) is 0 Å². The molecule has 0 radical (unpaired) electrons. The van der Waals surface area contributed by atoms with Gasteiger partial charge in [0, 0.05) is 17.8 Å². The predicted molar refractivity (Wildman–Crippen MR) is 101 cm³/mol. The van der Waals surface area contributed by atoms with Crippen LogP contribution in [0, 0.1) is 11.8 Å². The van der Waals surface area contributed by atoms with E-state index < -0.39 is 10.9 Å². The molecule has 0 aliphatic carbocycles. The Hall–Kier alpha value is -3.42. The van der Waals surface area contributed by atoms with Gasteiger partial charge >= 0.3 is 5.69 Å². The van der Waals surface area contributed by atoms with E-state index in [4.69, 9.17) is 4.42 Å². The van der Waals surface area contributed by atoms with Crippen molar-refractivity contribution in [2.24, 2.45) is 0 Å². The minimum Gasteiger partial charge on any atom is -0.464 e. The molecule has 0 unspecified atom stereocenters. The van der Waals surface area contributed by atoms with Crippen LogP contribution >= 0.6 is 0 Å². The Kier molecular flexibility index (Phi) is 5.07. The number of aryl methyl sites for hydroxylation is 1. The molecule has 1 atom stereocenters. The first-order chi connectivity index (χ1) is 12.9. The topological polar surface area (TPSA) is 101 Å². The fourth-order valence-corrected chi connectivity index (χ4v) is 2.78. The Morgan fingerprint density at radius 1 is 1.15 bits per heavy atom. The summed E-state index contributed by atoms with van der Waals surface area (Å²) in [5, 5.41) is 6.00. The van der Waals surface area contributed by atoms with Crippen LogP contribution in [-0.2, 0) is 4.84 Å². The highest BCUT2D eigenvalue weighted by atomic mass is 16.8. The average Bonchev–Trinajstić information content (AvgIpc) is 3.12. The molecule has 0 saturated carbocycles. The van der Waals surface area contributed by atoms with Crippen LogP contribution < -0.4 is 21.5 Å². The molecule has 27 heavy (non-hydrogen) atoms. The highest BCUT2D eigenvalue weighted by Crippen LogP contribution is 2.29. The van der Waals surface area contributed by atoms with Gasteiger partial charge in [-0.1, -0.05) is 13.0 Å². The van der Waals surface area contributed by atoms with Gasteiger partial charge in [-0.15, -0.1) is 0 Å². The van der Waals surface area contributed by atoms with Crippen LogP contribution in [-0.4, -0.2) is 12.0 Å². The van der Waals surface area contributed by atoms with Gasteiger partial charge in [0.15, 0.2) is 7.11 Å². The Bertz CT molecular complexity index is 1050. The quantitative estimate of drug-likeness (QED) is 0.462. The van der Waals surface area contributed by atoms with Gasteiger partial charge < -0.3 is 15.1 Å². The number of hydrogen-bond acceptors (Lipinski definition) is 7. The van der Waals surface area contributed by atoms with Crippen molar-refractivity contribution in [1.29, 1.82) is 0 Å². The van der Waals surface area contributed by atoms with Crippen LogP contribution in [0.1, 0.15) is 30.9 Å². The summed E-state index contributed by atoms with van der Waals surface area (Å²) in [5.41, 5.74) is -0.0850. The highest BCUT2D eigenvalue weighted by Gasteiger charge is 2.25. The smallest absolute Gasteiger partial charge is 0.318 e. The maximum Gasteiger partial charge on any atom is 0.318 e. The molecule has 1 aromatic heterocycles. The van der Waals surface area contributed by atoms with Gasteiger partial charge in [-0.3, -0.25) is 9.59 Å². The summed E-state index contributed by atoms with van der Waals surface area (Å²) in [6.07, 6.45) is 0.666. The van der Waals surface area contributed by atoms with E-state index in [9.17, 15) is 14.5 Å². The van der Waals surface area contributed by atoms with Crippen LogP contribution in [0.5, 0.6) is 0 Å². The minimum absolute atomic E-state index is 0.161. The van der Waals surface area contributed by atoms with Crippen molar-refractivity contribution in [3.05, 3.63) is 73.3 Å². The maximum absolute atomic E-state index is 12.1. The van der Waals surface area contributed by atoms with Crippen molar-refractivity contribution < 1.29 is 14.2 Å². The van der Waals surface area contributed by atoms with E-state index >= 15 is 0 Å². The van der Waals surface area contributed by atoms with Crippen LogP contribution in [0.4, 0.5) is 22.7 Å². The lowest BCUT2D eigenvalue weighted by Crippen LogP contribution is -2.37. The molecule has 0 saturated heterocycles. The number of rotatable bonds is 8. The lowest BCUT2D eigenvalue weighted by Gasteiger charge is -2.20. The lowest BCUT2D eigenvalue weighted by molar-refractivity contribution is -0.736. The van der Waals surface area contributed by atoms with Crippen molar-refractivity contribution in [2.75, 3.05) is 17.7 Å². The maximum atomic E-state index is 12.1. The summed E-state index contributed by atoms with van der Waals surface area (Å²) >= 11 is 0. The third-order valence-electron chi connectivity index (χ3n) is 4.23. The summed E-state index contributed by atoms with van der Waals surface area (Å²) in [6, 6.07) is 9.85. The van der Waals surface area contributed by atoms with E-state index in [2.05, 4.69) is 15.5 Å². The highest BCUT2D eigenvalue weighted by molar-refractivity contribution is 5.79. The number of furan rings is 1. The molecule has 1 heterocycles. The average molecular weight is 370 g/mol. The van der Waals surface area contributed by atoms with Gasteiger partial charge in [0.1, 0.15) is 22.9 Å². The Labute approximate surface area is 155 Å². The summed E-state index contributed by atoms with van der Waals surface area (Å²) in [4.78, 5) is 40.6. The molecular formula is C19H20N3O5+. The third-order valence-corrected chi connectivity index (χ3v) is 4.23. The molecule has 0 aliphatic heterocycles. The first-order valence-corrected chi connectivity index (χ1v) is 8.49. The van der Waals surface area contributed by atoms with Crippen molar-refractivity contribution in [1.82, 2.24) is 0 Å². The van der Waals surface area contributed by atoms with Crippen LogP contribution in [0.2, 0.25) is 0 Å². The molecule has 3 aromatic rings. The standard InChI is InChI=1S/C19H19N3O5/c1-4-14(15-9-8-11(2)27-15)21-17-16(18(23)19(17)24)20-12-6-5-7-13(10-12)22(25)26-3/h5-10,14H,4H2,1-3H3,(H-,20,21,23,24)/p+1/t14-/m1/s1. The molecule has 0 bridgehead atoms. The van der Waals surface area contributed by atoms with Crippen LogP contribution in [0.3, 0.4) is 0 Å². The monoisotopic (exact) mass is 370 g/mol. The Morgan fingerprint density at radius 3 is 2.52 bits per heavy atom. The fraction of sp³-hybridized carbons (Fsp3) is 0.263. The van der Waals surface area contributed by atoms with Crippen LogP contribution in [0.25, 0.3) is 0 Å². The van der Waals surface area contributed by atoms with Gasteiger partial charge in [0.2, 0.25) is 0 Å². The second-order valence-electron chi connectivity index (χ2n) is 6.08. The molecule has 140 valence electrons. The van der Waals surface area contributed by atoms with Crippen molar-refractivity contribution in [3.8, 4) is 0 Å². The first-order valence-electron chi connectivity index (χ1n) is 8.49.